The second kappa shape index (κ2) is 15.1. The van der Waals surface area contributed by atoms with Gasteiger partial charge in [-0.15, -0.1) is 11.3 Å². The number of para-hydroxylation sites is 1. The van der Waals surface area contributed by atoms with Crippen LogP contribution in [0.5, 0.6) is 11.5 Å². The first-order valence-electron chi connectivity index (χ1n) is 13.0. The Labute approximate surface area is 235 Å². The van der Waals surface area contributed by atoms with E-state index in [2.05, 4.69) is 24.4 Å². The SMILES string of the molecule is COCCCN(CC(=O)N(CCc1ccc(OC)c(OC)c1)Cc1ccc(C)s1)C(=O)Nc1ccccc1C. The number of carbonyl (C=O) groups excluding carboxylic acids is 2. The summed E-state index contributed by atoms with van der Waals surface area (Å²) in [6.45, 7) is 5.84. The molecule has 3 aromatic rings. The maximum absolute atomic E-state index is 13.7. The summed E-state index contributed by atoms with van der Waals surface area (Å²) < 4.78 is 16.0. The molecule has 9 heteroatoms. The van der Waals surface area contributed by atoms with E-state index in [0.717, 1.165) is 21.7 Å². The Morgan fingerprint density at radius 3 is 2.33 bits per heavy atom. The van der Waals surface area contributed by atoms with Crippen molar-refractivity contribution in [3.8, 4) is 11.5 Å². The van der Waals surface area contributed by atoms with Gasteiger partial charge >= 0.3 is 6.03 Å². The normalized spacial score (nSPS) is 10.7. The molecule has 0 saturated heterocycles. The number of thiophene rings is 1. The molecule has 0 aliphatic heterocycles. The van der Waals surface area contributed by atoms with Gasteiger partial charge in [-0.1, -0.05) is 24.3 Å². The summed E-state index contributed by atoms with van der Waals surface area (Å²) in [5, 5.41) is 2.97. The molecule has 3 amide bonds. The Morgan fingerprint density at radius 1 is 0.897 bits per heavy atom. The number of nitrogens with one attached hydrogen (secondary N) is 1. The Kier molecular flexibility index (Phi) is 11.6. The minimum Gasteiger partial charge on any atom is -0.493 e. The molecule has 0 aliphatic rings. The molecular weight excluding hydrogens is 514 g/mol. The number of urea groups is 1. The smallest absolute Gasteiger partial charge is 0.322 e. The molecule has 1 heterocycles. The van der Waals surface area contributed by atoms with E-state index in [1.807, 2.05) is 54.3 Å². The minimum atomic E-state index is -0.305. The molecule has 1 N–H and O–H groups in total. The van der Waals surface area contributed by atoms with Gasteiger partial charge in [0.1, 0.15) is 6.54 Å². The van der Waals surface area contributed by atoms with Gasteiger partial charge in [0.2, 0.25) is 5.91 Å². The zero-order valence-corrected chi connectivity index (χ0v) is 24.3. The van der Waals surface area contributed by atoms with Crippen LogP contribution in [-0.4, -0.2) is 69.3 Å². The quantitative estimate of drug-likeness (QED) is 0.266. The van der Waals surface area contributed by atoms with Crippen molar-refractivity contribution in [1.29, 1.82) is 0 Å². The van der Waals surface area contributed by atoms with Crippen molar-refractivity contribution < 1.29 is 23.8 Å². The van der Waals surface area contributed by atoms with Crippen LogP contribution >= 0.6 is 11.3 Å². The average molecular weight is 554 g/mol. The second-order valence-corrected chi connectivity index (χ2v) is 10.7. The molecule has 2 aromatic carbocycles. The Hall–Kier alpha value is -3.56. The van der Waals surface area contributed by atoms with Crippen LogP contribution in [0.2, 0.25) is 0 Å². The zero-order valence-electron chi connectivity index (χ0n) is 23.5. The number of methoxy groups -OCH3 is 3. The van der Waals surface area contributed by atoms with Crippen molar-refractivity contribution in [1.82, 2.24) is 9.80 Å². The van der Waals surface area contributed by atoms with E-state index in [0.29, 0.717) is 50.6 Å². The number of carbonyl (C=O) groups is 2. The Morgan fingerprint density at radius 2 is 1.67 bits per heavy atom. The van der Waals surface area contributed by atoms with Gasteiger partial charge in [0, 0.05) is 42.2 Å². The summed E-state index contributed by atoms with van der Waals surface area (Å²) >= 11 is 1.67. The fourth-order valence-electron chi connectivity index (χ4n) is 4.17. The van der Waals surface area contributed by atoms with Crippen LogP contribution < -0.4 is 14.8 Å². The molecule has 0 radical (unpaired) electrons. The van der Waals surface area contributed by atoms with Crippen LogP contribution in [0.1, 0.15) is 27.3 Å². The van der Waals surface area contributed by atoms with E-state index < -0.39 is 0 Å². The Balaban J connectivity index is 1.77. The van der Waals surface area contributed by atoms with E-state index >= 15 is 0 Å². The van der Waals surface area contributed by atoms with E-state index in [-0.39, 0.29) is 18.5 Å². The molecule has 0 bridgehead atoms. The Bertz CT molecular complexity index is 1230. The predicted octanol–water partition coefficient (Wildman–Crippen LogP) is 5.52. The van der Waals surface area contributed by atoms with Gasteiger partial charge in [-0.05, 0) is 68.1 Å². The summed E-state index contributed by atoms with van der Waals surface area (Å²) in [6, 6.07) is 17.2. The van der Waals surface area contributed by atoms with Gasteiger partial charge in [-0.2, -0.15) is 0 Å². The lowest BCUT2D eigenvalue weighted by atomic mass is 10.1. The topological polar surface area (TPSA) is 80.3 Å². The zero-order chi connectivity index (χ0) is 28.2. The lowest BCUT2D eigenvalue weighted by molar-refractivity contribution is -0.132. The second-order valence-electron chi connectivity index (χ2n) is 9.28. The number of nitrogens with zero attached hydrogens (tertiary/aromatic N) is 2. The molecular formula is C30H39N3O5S. The monoisotopic (exact) mass is 553 g/mol. The molecule has 0 unspecified atom stereocenters. The van der Waals surface area contributed by atoms with Crippen molar-refractivity contribution in [3.05, 3.63) is 75.5 Å². The van der Waals surface area contributed by atoms with Gasteiger partial charge in [-0.3, -0.25) is 4.79 Å². The van der Waals surface area contributed by atoms with Crippen molar-refractivity contribution in [2.75, 3.05) is 52.9 Å². The van der Waals surface area contributed by atoms with E-state index in [1.165, 1.54) is 4.88 Å². The number of hydrogen-bond acceptors (Lipinski definition) is 6. The highest BCUT2D eigenvalue weighted by molar-refractivity contribution is 7.11. The molecule has 39 heavy (non-hydrogen) atoms. The van der Waals surface area contributed by atoms with Crippen molar-refractivity contribution in [2.24, 2.45) is 0 Å². The van der Waals surface area contributed by atoms with E-state index in [9.17, 15) is 9.59 Å². The van der Waals surface area contributed by atoms with Crippen LogP contribution in [0.25, 0.3) is 0 Å². The number of amides is 3. The molecule has 0 fully saturated rings. The third-order valence-corrected chi connectivity index (χ3v) is 7.38. The number of rotatable bonds is 14. The van der Waals surface area contributed by atoms with Crippen LogP contribution in [-0.2, 0) is 22.5 Å². The van der Waals surface area contributed by atoms with Crippen LogP contribution in [0, 0.1) is 13.8 Å². The fourth-order valence-corrected chi connectivity index (χ4v) is 5.08. The maximum atomic E-state index is 13.7. The largest absolute Gasteiger partial charge is 0.493 e. The summed E-state index contributed by atoms with van der Waals surface area (Å²) in [4.78, 5) is 32.7. The first kappa shape index (κ1) is 30.0. The standard InChI is InChI=1S/C30H39N3O5S/c1-22-9-6-7-10-26(22)31-30(35)33(16-8-18-36-3)21-29(34)32(20-25-13-11-23(2)39-25)17-15-24-12-14-27(37-4)28(19-24)38-5/h6-7,9-14,19H,8,15-18,20-21H2,1-5H3,(H,31,35). The fraction of sp³-hybridized carbons (Fsp3) is 0.400. The number of ether oxygens (including phenoxy) is 3. The maximum Gasteiger partial charge on any atom is 0.322 e. The molecule has 0 aliphatic carbocycles. The highest BCUT2D eigenvalue weighted by atomic mass is 32.1. The summed E-state index contributed by atoms with van der Waals surface area (Å²) in [6.07, 6.45) is 1.26. The number of aryl methyl sites for hydroxylation is 2. The minimum absolute atomic E-state index is 0.0300. The first-order valence-corrected chi connectivity index (χ1v) is 13.8. The molecule has 210 valence electrons. The van der Waals surface area contributed by atoms with Crippen molar-refractivity contribution >= 4 is 29.0 Å². The lowest BCUT2D eigenvalue weighted by Gasteiger charge is -2.28. The summed E-state index contributed by atoms with van der Waals surface area (Å²) in [5.74, 6) is 1.20. The van der Waals surface area contributed by atoms with Crippen molar-refractivity contribution in [3.63, 3.8) is 0 Å². The molecule has 8 nitrogen and oxygen atoms in total. The molecule has 0 atom stereocenters. The average Bonchev–Trinajstić information content (AvgIpc) is 3.35. The highest BCUT2D eigenvalue weighted by Gasteiger charge is 2.22. The summed E-state index contributed by atoms with van der Waals surface area (Å²) in [5.41, 5.74) is 2.71. The lowest BCUT2D eigenvalue weighted by Crippen LogP contribution is -2.45. The molecule has 3 rings (SSSR count). The van der Waals surface area contributed by atoms with Gasteiger partial charge < -0.3 is 29.3 Å². The molecule has 1 aromatic heterocycles. The van der Waals surface area contributed by atoms with Crippen LogP contribution in [0.3, 0.4) is 0 Å². The van der Waals surface area contributed by atoms with E-state index in [1.54, 1.807) is 37.6 Å². The molecule has 0 spiro atoms. The highest BCUT2D eigenvalue weighted by Crippen LogP contribution is 2.28. The predicted molar refractivity (Wildman–Crippen MR) is 156 cm³/mol. The van der Waals surface area contributed by atoms with Gasteiger partial charge in [0.05, 0.1) is 20.8 Å². The molecule has 0 saturated carbocycles. The van der Waals surface area contributed by atoms with Gasteiger partial charge in [0.15, 0.2) is 11.5 Å². The van der Waals surface area contributed by atoms with Gasteiger partial charge in [-0.25, -0.2) is 4.79 Å². The van der Waals surface area contributed by atoms with Gasteiger partial charge in [0.25, 0.3) is 0 Å². The van der Waals surface area contributed by atoms with Crippen molar-refractivity contribution in [2.45, 2.75) is 33.2 Å². The third-order valence-electron chi connectivity index (χ3n) is 6.39. The summed E-state index contributed by atoms with van der Waals surface area (Å²) in [7, 11) is 4.84. The first-order chi connectivity index (χ1) is 18.8. The number of benzene rings is 2. The van der Waals surface area contributed by atoms with E-state index in [4.69, 9.17) is 14.2 Å². The number of anilines is 1. The van der Waals surface area contributed by atoms with Crippen LogP contribution in [0.4, 0.5) is 10.5 Å². The van der Waals surface area contributed by atoms with Crippen LogP contribution in [0.15, 0.2) is 54.6 Å². The third kappa shape index (κ3) is 9.01. The number of hydrogen-bond donors (Lipinski definition) is 1.